The van der Waals surface area contributed by atoms with Gasteiger partial charge < -0.3 is 29.7 Å². The van der Waals surface area contributed by atoms with E-state index < -0.39 is 70.7 Å². The summed E-state index contributed by atoms with van der Waals surface area (Å²) in [5.41, 5.74) is 2.55. The molecule has 0 spiro atoms. The number of hydrogen-bond acceptors (Lipinski definition) is 12. The van der Waals surface area contributed by atoms with E-state index in [1.165, 1.54) is 19.2 Å². The van der Waals surface area contributed by atoms with Gasteiger partial charge in [0, 0.05) is 62.1 Å². The standard InChI is InChI=1S/C43H61N3O14S3/c1-7-45(23-13-27-62(53,54)55)36-20-18-32-33(42(2,3)4)28-30(60-40(32)39(36)41(49)44-22-25-59-6)14-11-15-37-43(5,21-12-26-61(50,51)52)34-29-31(63(56,57)58)17-19-35(34)46(37)24-10-8-9-16-38(47)48/h11,14-15,17-20,28-30H,7-10,12-13,16,21-27H2,1-6H3,(H,44,49)(H,47,48)(H,50,51,52)(H,53,54,55)(H,56,57,58)/b14-11+,37-15+. The highest BCUT2D eigenvalue weighted by Crippen LogP contribution is 2.52. The van der Waals surface area contributed by atoms with Gasteiger partial charge in [-0.25, -0.2) is 0 Å². The number of allylic oxidation sites excluding steroid dienone is 4. The number of carbonyl (C=O) groups excluding carboxylic acids is 1. The molecule has 2 atom stereocenters. The number of nitrogens with one attached hydrogen (secondary N) is 1. The lowest BCUT2D eigenvalue weighted by molar-refractivity contribution is -0.137. The first-order valence-corrected chi connectivity index (χ1v) is 25.5. The molecule has 2 aromatic rings. The molecule has 63 heavy (non-hydrogen) atoms. The Balaban J connectivity index is 1.86. The first kappa shape index (κ1) is 51.3. The second kappa shape index (κ2) is 21.1. The summed E-state index contributed by atoms with van der Waals surface area (Å²) in [5.74, 6) is -2.08. The molecule has 2 aromatic carbocycles. The Morgan fingerprint density at radius 1 is 0.968 bits per heavy atom. The number of benzene rings is 2. The van der Waals surface area contributed by atoms with Crippen molar-refractivity contribution < 1.29 is 63.1 Å². The first-order valence-electron chi connectivity index (χ1n) is 20.8. The average molecular weight is 940 g/mol. The highest BCUT2D eigenvalue weighted by Gasteiger charge is 2.44. The van der Waals surface area contributed by atoms with Gasteiger partial charge in [0.05, 0.1) is 28.7 Å². The highest BCUT2D eigenvalue weighted by molar-refractivity contribution is 7.86. The van der Waals surface area contributed by atoms with Crippen LogP contribution in [0, 0.1) is 5.41 Å². The number of carbonyl (C=O) groups is 2. The van der Waals surface area contributed by atoms with Gasteiger partial charge in [0.2, 0.25) is 0 Å². The molecule has 0 saturated carbocycles. The van der Waals surface area contributed by atoms with Crippen LogP contribution in [0.1, 0.15) is 101 Å². The van der Waals surface area contributed by atoms with Crippen molar-refractivity contribution in [3.63, 3.8) is 0 Å². The maximum absolute atomic E-state index is 14.1. The van der Waals surface area contributed by atoms with Crippen LogP contribution in [0.4, 0.5) is 11.4 Å². The number of anilines is 2. The maximum atomic E-state index is 14.1. The fraction of sp³-hybridized carbons (Fsp3) is 0.535. The third-order valence-corrected chi connectivity index (χ3v) is 13.6. The average Bonchev–Trinajstić information content (AvgIpc) is 3.39. The van der Waals surface area contributed by atoms with E-state index in [9.17, 15) is 53.6 Å². The summed E-state index contributed by atoms with van der Waals surface area (Å²) in [6, 6.07) is 7.87. The Bertz CT molecular complexity index is 2420. The second-order valence-corrected chi connectivity index (χ2v) is 21.5. The number of nitrogens with zero attached hydrogens (tertiary/aromatic N) is 2. The summed E-state index contributed by atoms with van der Waals surface area (Å²) in [4.78, 5) is 28.8. The molecule has 0 fully saturated rings. The third-order valence-electron chi connectivity index (χ3n) is 11.1. The molecule has 0 aromatic heterocycles. The highest BCUT2D eigenvalue weighted by atomic mass is 32.2. The first-order chi connectivity index (χ1) is 29.3. The molecule has 2 aliphatic heterocycles. The number of unbranched alkanes of at least 4 members (excludes halogenated alkanes) is 2. The van der Waals surface area contributed by atoms with E-state index in [-0.39, 0.29) is 55.8 Å². The summed E-state index contributed by atoms with van der Waals surface area (Å²) in [7, 11) is -11.7. The lowest BCUT2D eigenvalue weighted by atomic mass is 9.77. The Labute approximate surface area is 371 Å². The molecule has 0 saturated heterocycles. The summed E-state index contributed by atoms with van der Waals surface area (Å²) in [6.07, 6.45) is 8.33. The van der Waals surface area contributed by atoms with Crippen LogP contribution in [-0.4, -0.2) is 113 Å². The molecule has 5 N–H and O–H groups in total. The molecular weight excluding hydrogens is 879 g/mol. The second-order valence-electron chi connectivity index (χ2n) is 16.9. The van der Waals surface area contributed by atoms with Crippen molar-refractivity contribution >= 4 is 59.2 Å². The fourth-order valence-electron chi connectivity index (χ4n) is 8.09. The van der Waals surface area contributed by atoms with Crippen LogP contribution in [0.2, 0.25) is 0 Å². The van der Waals surface area contributed by atoms with Gasteiger partial charge in [-0.3, -0.25) is 23.2 Å². The Morgan fingerprint density at radius 2 is 1.65 bits per heavy atom. The monoisotopic (exact) mass is 939 g/mol. The van der Waals surface area contributed by atoms with Crippen molar-refractivity contribution in [2.45, 2.75) is 96.0 Å². The quantitative estimate of drug-likeness (QED) is 0.0620. The van der Waals surface area contributed by atoms with E-state index >= 15 is 0 Å². The van der Waals surface area contributed by atoms with Crippen molar-refractivity contribution in [3.8, 4) is 5.75 Å². The number of fused-ring (bicyclic) bond motifs is 2. The van der Waals surface area contributed by atoms with Crippen LogP contribution >= 0.6 is 0 Å². The molecule has 1 amide bonds. The van der Waals surface area contributed by atoms with Crippen LogP contribution < -0.4 is 19.9 Å². The number of aliphatic carboxylic acids is 1. The SMILES string of the molecule is CCN(CCCS(=O)(=O)O)c1ccc2c(c1C(=O)NCCOC)OC(/C=C/C=C1/N(CCCCCC(=O)O)c3ccc(S(=O)(=O)O)cc3C1(C)CCCS(=O)(=O)O)C=C2C(C)(C)C. The molecule has 17 nitrogen and oxygen atoms in total. The number of carboxylic acids is 1. The maximum Gasteiger partial charge on any atom is 0.303 e. The zero-order valence-electron chi connectivity index (χ0n) is 36.7. The topological polar surface area (TPSA) is 254 Å². The minimum atomic E-state index is -4.64. The molecule has 2 unspecified atom stereocenters. The number of rotatable bonds is 23. The summed E-state index contributed by atoms with van der Waals surface area (Å²) >= 11 is 0. The van der Waals surface area contributed by atoms with Gasteiger partial charge in [-0.1, -0.05) is 33.3 Å². The summed E-state index contributed by atoms with van der Waals surface area (Å²) in [5, 5.41) is 12.1. The predicted molar refractivity (Wildman–Crippen MR) is 241 cm³/mol. The van der Waals surface area contributed by atoms with Crippen molar-refractivity contribution in [2.24, 2.45) is 5.41 Å². The van der Waals surface area contributed by atoms with E-state index in [0.29, 0.717) is 66.3 Å². The van der Waals surface area contributed by atoms with Crippen LogP contribution in [0.25, 0.3) is 5.57 Å². The molecular formula is C43H61N3O14S3. The largest absolute Gasteiger partial charge is 0.481 e. The van der Waals surface area contributed by atoms with Gasteiger partial charge in [0.15, 0.2) is 0 Å². The Hall–Kier alpha value is -4.31. The van der Waals surface area contributed by atoms with E-state index in [0.717, 1.165) is 5.57 Å². The normalized spacial score (nSPS) is 18.6. The third kappa shape index (κ3) is 13.8. The molecule has 0 bridgehead atoms. The minimum Gasteiger partial charge on any atom is -0.481 e. The molecule has 0 radical (unpaired) electrons. The number of methoxy groups -OCH3 is 1. The predicted octanol–water partition coefficient (Wildman–Crippen LogP) is 6.14. The number of ether oxygens (including phenoxy) is 2. The van der Waals surface area contributed by atoms with Gasteiger partial charge in [-0.05, 0) is 111 Å². The fourth-order valence-corrected chi connectivity index (χ4v) is 9.60. The zero-order chi connectivity index (χ0) is 47.0. The Kier molecular flexibility index (Phi) is 17.2. The Morgan fingerprint density at radius 3 is 2.25 bits per heavy atom. The molecule has 0 aliphatic carbocycles. The van der Waals surface area contributed by atoms with Crippen molar-refractivity contribution in [2.75, 3.05) is 61.2 Å². The van der Waals surface area contributed by atoms with Gasteiger partial charge >= 0.3 is 5.97 Å². The van der Waals surface area contributed by atoms with Gasteiger partial charge in [0.25, 0.3) is 36.3 Å². The zero-order valence-corrected chi connectivity index (χ0v) is 39.1. The molecule has 20 heteroatoms. The van der Waals surface area contributed by atoms with Crippen LogP contribution in [-0.2, 0) is 45.3 Å². The van der Waals surface area contributed by atoms with Crippen molar-refractivity contribution in [1.82, 2.24) is 5.32 Å². The van der Waals surface area contributed by atoms with E-state index in [1.807, 2.05) is 62.6 Å². The van der Waals surface area contributed by atoms with Gasteiger partial charge in [-0.2, -0.15) is 25.3 Å². The molecule has 2 aliphatic rings. The van der Waals surface area contributed by atoms with Gasteiger partial charge in [0.1, 0.15) is 17.4 Å². The van der Waals surface area contributed by atoms with E-state index in [4.69, 9.17) is 9.47 Å². The van der Waals surface area contributed by atoms with E-state index in [1.54, 1.807) is 24.3 Å². The lowest BCUT2D eigenvalue weighted by Crippen LogP contribution is -2.33. The van der Waals surface area contributed by atoms with Gasteiger partial charge in [-0.15, -0.1) is 0 Å². The molecule has 2 heterocycles. The summed E-state index contributed by atoms with van der Waals surface area (Å²) < 4.78 is 112. The van der Waals surface area contributed by atoms with E-state index in [2.05, 4.69) is 5.32 Å². The van der Waals surface area contributed by atoms with Crippen LogP contribution in [0.15, 0.2) is 65.2 Å². The number of carboxylic acid groups (broad SMARTS) is 1. The lowest BCUT2D eigenvalue weighted by Gasteiger charge is -2.34. The number of amides is 1. The number of hydrogen-bond donors (Lipinski definition) is 5. The van der Waals surface area contributed by atoms with Crippen molar-refractivity contribution in [1.29, 1.82) is 0 Å². The molecule has 4 rings (SSSR count). The smallest absolute Gasteiger partial charge is 0.303 e. The van der Waals surface area contributed by atoms with Crippen LogP contribution in [0.5, 0.6) is 5.75 Å². The molecule has 350 valence electrons. The van der Waals surface area contributed by atoms with Crippen molar-refractivity contribution in [3.05, 3.63) is 77.0 Å². The van der Waals surface area contributed by atoms with Crippen LogP contribution in [0.3, 0.4) is 0 Å². The minimum absolute atomic E-state index is 0.000722. The summed E-state index contributed by atoms with van der Waals surface area (Å²) in [6.45, 7) is 11.2.